The van der Waals surface area contributed by atoms with Gasteiger partial charge in [-0.15, -0.1) is 12.3 Å². The summed E-state index contributed by atoms with van der Waals surface area (Å²) in [5.41, 5.74) is 0. The van der Waals surface area contributed by atoms with Gasteiger partial charge in [-0.05, 0) is 24.7 Å². The summed E-state index contributed by atoms with van der Waals surface area (Å²) >= 11 is 0. The van der Waals surface area contributed by atoms with Gasteiger partial charge in [0.05, 0.1) is 0 Å². The van der Waals surface area contributed by atoms with E-state index in [1.54, 1.807) is 0 Å². The molecule has 0 radical (unpaired) electrons. The van der Waals surface area contributed by atoms with E-state index in [2.05, 4.69) is 26.7 Å². The van der Waals surface area contributed by atoms with Crippen molar-refractivity contribution in [3.63, 3.8) is 0 Å². The van der Waals surface area contributed by atoms with Crippen LogP contribution in [0.15, 0.2) is 0 Å². The molecule has 0 aliphatic heterocycles. The Hall–Kier alpha value is -0.440. The van der Waals surface area contributed by atoms with Crippen LogP contribution in [-0.2, 0) is 0 Å². The lowest BCUT2D eigenvalue weighted by Gasteiger charge is -2.20. The standard InChI is InChI=1S/C12H22/c1-5-8-9-10-11(4)12(6-2)7-3/h1,11-12H,6-10H2,2-4H3. The van der Waals surface area contributed by atoms with Crippen molar-refractivity contribution in [3.8, 4) is 12.3 Å². The fourth-order valence-corrected chi connectivity index (χ4v) is 1.86. The maximum absolute atomic E-state index is 5.21. The maximum atomic E-state index is 5.21. The van der Waals surface area contributed by atoms with Crippen LogP contribution >= 0.6 is 0 Å². The van der Waals surface area contributed by atoms with Crippen molar-refractivity contribution in [2.75, 3.05) is 0 Å². The second-order valence-electron chi connectivity index (χ2n) is 3.65. The van der Waals surface area contributed by atoms with E-state index < -0.39 is 0 Å². The van der Waals surface area contributed by atoms with Crippen LogP contribution in [0.3, 0.4) is 0 Å². The van der Waals surface area contributed by atoms with E-state index in [1.807, 2.05) is 0 Å². The van der Waals surface area contributed by atoms with Gasteiger partial charge in [0.2, 0.25) is 0 Å². The fourth-order valence-electron chi connectivity index (χ4n) is 1.86. The third kappa shape index (κ3) is 4.44. The van der Waals surface area contributed by atoms with Crippen molar-refractivity contribution in [2.45, 2.75) is 52.9 Å². The van der Waals surface area contributed by atoms with Crippen molar-refractivity contribution < 1.29 is 0 Å². The molecule has 0 aromatic heterocycles. The first kappa shape index (κ1) is 11.6. The van der Waals surface area contributed by atoms with Gasteiger partial charge < -0.3 is 0 Å². The minimum absolute atomic E-state index is 0.855. The molecule has 0 N–H and O–H groups in total. The normalized spacial score (nSPS) is 12.9. The van der Waals surface area contributed by atoms with Crippen molar-refractivity contribution in [1.29, 1.82) is 0 Å². The van der Waals surface area contributed by atoms with Gasteiger partial charge in [-0.25, -0.2) is 0 Å². The number of hydrogen-bond acceptors (Lipinski definition) is 0. The van der Waals surface area contributed by atoms with Crippen molar-refractivity contribution in [2.24, 2.45) is 11.8 Å². The first-order valence-electron chi connectivity index (χ1n) is 5.19. The highest BCUT2D eigenvalue weighted by molar-refractivity contribution is 4.83. The predicted octanol–water partition coefficient (Wildman–Crippen LogP) is 3.86. The van der Waals surface area contributed by atoms with Crippen molar-refractivity contribution in [1.82, 2.24) is 0 Å². The Morgan fingerprint density at radius 3 is 2.25 bits per heavy atom. The van der Waals surface area contributed by atoms with Crippen LogP contribution < -0.4 is 0 Å². The maximum Gasteiger partial charge on any atom is 0.00861 e. The number of unbranched alkanes of at least 4 members (excludes halogenated alkanes) is 1. The summed E-state index contributed by atoms with van der Waals surface area (Å²) in [6.07, 6.45) is 11.3. The number of hydrogen-bond donors (Lipinski definition) is 0. The average Bonchev–Trinajstić information content (AvgIpc) is 2.07. The quantitative estimate of drug-likeness (QED) is 0.415. The third-order valence-electron chi connectivity index (χ3n) is 2.83. The van der Waals surface area contributed by atoms with E-state index in [0.29, 0.717) is 0 Å². The van der Waals surface area contributed by atoms with E-state index in [0.717, 1.165) is 18.3 Å². The Morgan fingerprint density at radius 1 is 1.25 bits per heavy atom. The summed E-state index contributed by atoms with van der Waals surface area (Å²) in [4.78, 5) is 0. The first-order valence-corrected chi connectivity index (χ1v) is 5.19. The van der Waals surface area contributed by atoms with Crippen LogP contribution in [-0.4, -0.2) is 0 Å². The minimum Gasteiger partial charge on any atom is -0.120 e. The van der Waals surface area contributed by atoms with Crippen LogP contribution in [0.5, 0.6) is 0 Å². The molecule has 0 aliphatic carbocycles. The number of rotatable bonds is 6. The van der Waals surface area contributed by atoms with Crippen LogP contribution in [0.1, 0.15) is 52.9 Å². The second-order valence-corrected chi connectivity index (χ2v) is 3.65. The van der Waals surface area contributed by atoms with Crippen LogP contribution in [0, 0.1) is 24.2 Å². The van der Waals surface area contributed by atoms with Gasteiger partial charge in [0.1, 0.15) is 0 Å². The lowest BCUT2D eigenvalue weighted by atomic mass is 9.86. The third-order valence-corrected chi connectivity index (χ3v) is 2.83. The lowest BCUT2D eigenvalue weighted by Crippen LogP contribution is -2.09. The average molecular weight is 166 g/mol. The van der Waals surface area contributed by atoms with Crippen molar-refractivity contribution in [3.05, 3.63) is 0 Å². The summed E-state index contributed by atoms with van der Waals surface area (Å²) in [6.45, 7) is 6.92. The Balaban J connectivity index is 3.55. The van der Waals surface area contributed by atoms with Crippen LogP contribution in [0.4, 0.5) is 0 Å². The van der Waals surface area contributed by atoms with Gasteiger partial charge in [0, 0.05) is 6.42 Å². The predicted molar refractivity (Wildman–Crippen MR) is 55.9 cm³/mol. The molecular formula is C12H22. The Bertz CT molecular complexity index is 125. The molecular weight excluding hydrogens is 144 g/mol. The van der Waals surface area contributed by atoms with E-state index >= 15 is 0 Å². The van der Waals surface area contributed by atoms with Gasteiger partial charge in [-0.3, -0.25) is 0 Å². The fraction of sp³-hybridized carbons (Fsp3) is 0.833. The molecule has 0 aromatic carbocycles. The van der Waals surface area contributed by atoms with Gasteiger partial charge in [0.15, 0.2) is 0 Å². The molecule has 0 rings (SSSR count). The zero-order chi connectivity index (χ0) is 9.40. The molecule has 0 aliphatic rings. The van der Waals surface area contributed by atoms with Crippen molar-refractivity contribution >= 4 is 0 Å². The summed E-state index contributed by atoms with van der Waals surface area (Å²) < 4.78 is 0. The molecule has 70 valence electrons. The summed E-state index contributed by atoms with van der Waals surface area (Å²) in [5, 5.41) is 0. The zero-order valence-electron chi connectivity index (χ0n) is 8.77. The lowest BCUT2D eigenvalue weighted by molar-refractivity contribution is 0.314. The topological polar surface area (TPSA) is 0 Å². The molecule has 0 amide bonds. The van der Waals surface area contributed by atoms with E-state index in [-0.39, 0.29) is 0 Å². The summed E-state index contributed by atoms with van der Waals surface area (Å²) in [7, 11) is 0. The highest BCUT2D eigenvalue weighted by atomic mass is 14.2. The minimum atomic E-state index is 0.855. The molecule has 0 bridgehead atoms. The highest BCUT2D eigenvalue weighted by Crippen LogP contribution is 2.23. The van der Waals surface area contributed by atoms with E-state index in [1.165, 1.54) is 25.7 Å². The summed E-state index contributed by atoms with van der Waals surface area (Å²) in [6, 6.07) is 0. The molecule has 0 saturated carbocycles. The SMILES string of the molecule is C#CCCCC(C)C(CC)CC. The Kier molecular flexibility index (Phi) is 6.96. The van der Waals surface area contributed by atoms with E-state index in [4.69, 9.17) is 6.42 Å². The largest absolute Gasteiger partial charge is 0.120 e. The molecule has 1 unspecified atom stereocenters. The van der Waals surface area contributed by atoms with Crippen LogP contribution in [0.2, 0.25) is 0 Å². The summed E-state index contributed by atoms with van der Waals surface area (Å²) in [5.74, 6) is 4.46. The Morgan fingerprint density at radius 2 is 1.83 bits per heavy atom. The molecule has 0 spiro atoms. The first-order chi connectivity index (χ1) is 5.76. The highest BCUT2D eigenvalue weighted by Gasteiger charge is 2.11. The zero-order valence-corrected chi connectivity index (χ0v) is 8.77. The molecule has 0 fully saturated rings. The molecule has 0 saturated heterocycles. The van der Waals surface area contributed by atoms with Gasteiger partial charge in [-0.2, -0.15) is 0 Å². The van der Waals surface area contributed by atoms with Crippen LogP contribution in [0.25, 0.3) is 0 Å². The molecule has 0 nitrogen and oxygen atoms in total. The van der Waals surface area contributed by atoms with Gasteiger partial charge >= 0.3 is 0 Å². The molecule has 0 heteroatoms. The smallest absolute Gasteiger partial charge is 0.00861 e. The van der Waals surface area contributed by atoms with E-state index in [9.17, 15) is 0 Å². The Labute approximate surface area is 77.8 Å². The van der Waals surface area contributed by atoms with Gasteiger partial charge in [0.25, 0.3) is 0 Å². The monoisotopic (exact) mass is 166 g/mol. The molecule has 0 aromatic rings. The molecule has 12 heavy (non-hydrogen) atoms. The van der Waals surface area contributed by atoms with Gasteiger partial charge in [-0.1, -0.05) is 33.6 Å². The number of terminal acetylenes is 1. The molecule has 1 atom stereocenters. The second kappa shape index (κ2) is 7.22. The molecule has 0 heterocycles.